The maximum Gasteiger partial charge on any atom is 0.534 e. The number of hydrogen-bond acceptors (Lipinski definition) is 8. The molecule has 0 saturated carbocycles. The van der Waals surface area contributed by atoms with Crippen molar-refractivity contribution in [1.29, 1.82) is 0 Å². The Balaban J connectivity index is 2.22. The number of benzene rings is 2. The van der Waals surface area contributed by atoms with Crippen molar-refractivity contribution in [3.05, 3.63) is 47.5 Å². The lowest BCUT2D eigenvalue weighted by atomic mass is 9.76. The average molecular weight is 522 g/mol. The highest BCUT2D eigenvalue weighted by Gasteiger charge is 2.52. The molecule has 0 fully saturated rings. The van der Waals surface area contributed by atoms with Gasteiger partial charge in [0.15, 0.2) is 11.5 Å². The molecule has 0 amide bonds. The normalized spacial score (nSPS) is 19.0. The largest absolute Gasteiger partial charge is 0.534 e. The van der Waals surface area contributed by atoms with Crippen molar-refractivity contribution >= 4 is 20.2 Å². The van der Waals surface area contributed by atoms with Gasteiger partial charge in [-0.3, -0.25) is 0 Å². The molecule has 0 unspecified atom stereocenters. The predicted molar refractivity (Wildman–Crippen MR) is 97.7 cm³/mol. The zero-order valence-corrected chi connectivity index (χ0v) is 17.7. The maximum atomic E-state index is 12.8. The minimum atomic E-state index is -6.21. The Hall–Kier alpha value is -2.88. The first kappa shape index (κ1) is 24.8. The highest BCUT2D eigenvalue weighted by atomic mass is 32.2. The standard InChI is InChI=1S/C17H12F6O8S2/c1-15(13-9(24)4-2-6-11(13)30-32(25,26)16(18,19)20)8-29-10-5-3-7-12(14(10)15)31-33(27,28)17(21,22)23/h2-7,24H,8H2,1H3/t15-/m1/s1. The fraction of sp³-hybridized carbons (Fsp3) is 0.294. The Morgan fingerprint density at radius 1 is 0.848 bits per heavy atom. The molecule has 1 N–H and O–H groups in total. The van der Waals surface area contributed by atoms with Crippen LogP contribution in [0.15, 0.2) is 36.4 Å². The molecule has 0 saturated heterocycles. The Morgan fingerprint density at radius 2 is 1.30 bits per heavy atom. The van der Waals surface area contributed by atoms with Gasteiger partial charge in [0.05, 0.1) is 16.5 Å². The molecule has 1 aliphatic rings. The van der Waals surface area contributed by atoms with Gasteiger partial charge in [0, 0.05) is 0 Å². The van der Waals surface area contributed by atoms with E-state index in [9.17, 15) is 48.3 Å². The van der Waals surface area contributed by atoms with Gasteiger partial charge in [-0.1, -0.05) is 12.1 Å². The third-order valence-corrected chi connectivity index (χ3v) is 6.51. The Morgan fingerprint density at radius 3 is 1.79 bits per heavy atom. The molecule has 0 bridgehead atoms. The molecule has 8 nitrogen and oxygen atoms in total. The van der Waals surface area contributed by atoms with Crippen molar-refractivity contribution < 1.29 is 61.4 Å². The summed E-state index contributed by atoms with van der Waals surface area (Å²) in [6.07, 6.45) is 0. The molecule has 1 aliphatic heterocycles. The lowest BCUT2D eigenvalue weighted by molar-refractivity contribution is -0.0504. The van der Waals surface area contributed by atoms with Crippen molar-refractivity contribution in [2.24, 2.45) is 0 Å². The Labute approximate surface area is 182 Å². The molecule has 2 aromatic rings. The second kappa shape index (κ2) is 7.58. The van der Waals surface area contributed by atoms with Crippen LogP contribution >= 0.6 is 0 Å². The minimum absolute atomic E-state index is 0.222. The van der Waals surface area contributed by atoms with Crippen LogP contribution < -0.4 is 13.1 Å². The van der Waals surface area contributed by atoms with Gasteiger partial charge >= 0.3 is 31.3 Å². The van der Waals surface area contributed by atoms with Crippen LogP contribution in [-0.4, -0.2) is 39.6 Å². The van der Waals surface area contributed by atoms with Crippen LogP contribution in [0, 0.1) is 0 Å². The van der Waals surface area contributed by atoms with E-state index in [0.29, 0.717) is 0 Å². The first-order valence-electron chi connectivity index (χ1n) is 8.51. The summed E-state index contributed by atoms with van der Waals surface area (Å²) >= 11 is 0. The quantitative estimate of drug-likeness (QED) is 0.360. The summed E-state index contributed by atoms with van der Waals surface area (Å²) in [5.41, 5.74) is -14.6. The first-order valence-corrected chi connectivity index (χ1v) is 11.3. The number of phenols is 1. The first-order chi connectivity index (χ1) is 14.9. The zero-order valence-electron chi connectivity index (χ0n) is 16.1. The molecule has 2 aromatic carbocycles. The Kier molecular flexibility index (Phi) is 5.69. The lowest BCUT2D eigenvalue weighted by Crippen LogP contribution is -2.32. The van der Waals surface area contributed by atoms with Gasteiger partial charge < -0.3 is 18.2 Å². The van der Waals surface area contributed by atoms with Crippen LogP contribution in [0.5, 0.6) is 23.0 Å². The van der Waals surface area contributed by atoms with Crippen LogP contribution in [0.4, 0.5) is 26.3 Å². The van der Waals surface area contributed by atoms with Crippen molar-refractivity contribution in [2.45, 2.75) is 23.4 Å². The molecule has 1 heterocycles. The smallest absolute Gasteiger partial charge is 0.507 e. The number of fused-ring (bicyclic) bond motifs is 1. The van der Waals surface area contributed by atoms with E-state index >= 15 is 0 Å². The topological polar surface area (TPSA) is 116 Å². The summed E-state index contributed by atoms with van der Waals surface area (Å²) in [5.74, 6) is -2.95. The van der Waals surface area contributed by atoms with Crippen LogP contribution in [0.3, 0.4) is 0 Å². The average Bonchev–Trinajstić information content (AvgIpc) is 2.98. The van der Waals surface area contributed by atoms with Gasteiger partial charge in [0.2, 0.25) is 0 Å². The highest BCUT2D eigenvalue weighted by molar-refractivity contribution is 7.88. The molecule has 0 aromatic heterocycles. The van der Waals surface area contributed by atoms with E-state index < -0.39 is 71.7 Å². The van der Waals surface area contributed by atoms with Crippen molar-refractivity contribution in [3.8, 4) is 23.0 Å². The van der Waals surface area contributed by atoms with Crippen LogP contribution in [-0.2, 0) is 25.7 Å². The van der Waals surface area contributed by atoms with Crippen LogP contribution in [0.1, 0.15) is 18.1 Å². The van der Waals surface area contributed by atoms with Gasteiger partial charge in [0.1, 0.15) is 18.1 Å². The predicted octanol–water partition coefficient (Wildman–Crippen LogP) is 3.55. The monoisotopic (exact) mass is 522 g/mol. The van der Waals surface area contributed by atoms with Gasteiger partial charge in [-0.25, -0.2) is 0 Å². The number of alkyl halides is 6. The molecule has 16 heteroatoms. The van der Waals surface area contributed by atoms with Gasteiger partial charge in [-0.05, 0) is 31.2 Å². The SMILES string of the molecule is C[C@]1(c2c(O)cccc2OS(=O)(=O)C(F)(F)F)COc2cccc(OS(=O)(=O)C(F)(F)F)c21. The lowest BCUT2D eigenvalue weighted by Gasteiger charge is -2.28. The number of hydrogen-bond donors (Lipinski definition) is 1. The van der Waals surface area contributed by atoms with Gasteiger partial charge in [0.25, 0.3) is 0 Å². The molecule has 0 radical (unpaired) electrons. The molecule has 1 atom stereocenters. The van der Waals surface area contributed by atoms with E-state index in [4.69, 9.17) is 4.74 Å². The molecule has 33 heavy (non-hydrogen) atoms. The number of halogens is 6. The molecular formula is C17H12F6O8S2. The van der Waals surface area contributed by atoms with Crippen molar-refractivity contribution in [2.75, 3.05) is 6.61 Å². The van der Waals surface area contributed by atoms with E-state index in [1.165, 1.54) is 6.07 Å². The summed E-state index contributed by atoms with van der Waals surface area (Å²) in [7, 11) is -12.4. The Bertz CT molecular complexity index is 1300. The molecule has 0 spiro atoms. The van der Waals surface area contributed by atoms with Gasteiger partial charge in [-0.15, -0.1) is 0 Å². The summed E-state index contributed by atoms with van der Waals surface area (Å²) in [6.45, 7) is 0.586. The zero-order chi connectivity index (χ0) is 25.0. The van der Waals surface area contributed by atoms with Crippen molar-refractivity contribution in [3.63, 3.8) is 0 Å². The molecule has 0 aliphatic carbocycles. The summed E-state index contributed by atoms with van der Waals surface area (Å²) < 4.78 is 137. The van der Waals surface area contributed by atoms with Gasteiger partial charge in [-0.2, -0.15) is 43.2 Å². The summed E-state index contributed by atoms with van der Waals surface area (Å²) in [6, 6.07) is 5.76. The number of ether oxygens (including phenoxy) is 1. The van der Waals surface area contributed by atoms with E-state index in [0.717, 1.165) is 37.3 Å². The third kappa shape index (κ3) is 4.23. The summed E-state index contributed by atoms with van der Waals surface area (Å²) in [5, 5.41) is 10.3. The van der Waals surface area contributed by atoms with Crippen LogP contribution in [0.25, 0.3) is 0 Å². The third-order valence-electron chi connectivity index (χ3n) is 4.58. The van der Waals surface area contributed by atoms with E-state index in [1.807, 2.05) is 0 Å². The molecule has 3 rings (SSSR count). The minimum Gasteiger partial charge on any atom is -0.507 e. The maximum absolute atomic E-state index is 12.8. The van der Waals surface area contributed by atoms with Crippen molar-refractivity contribution in [1.82, 2.24) is 0 Å². The summed E-state index contributed by atoms with van der Waals surface area (Å²) in [4.78, 5) is 0. The van der Waals surface area contributed by atoms with E-state index in [1.54, 1.807) is 0 Å². The fourth-order valence-corrected chi connectivity index (χ4v) is 4.15. The second-order valence-corrected chi connectivity index (χ2v) is 9.94. The van der Waals surface area contributed by atoms with E-state index in [2.05, 4.69) is 8.37 Å². The van der Waals surface area contributed by atoms with Crippen LogP contribution in [0.2, 0.25) is 0 Å². The fourth-order valence-electron chi connectivity index (χ4n) is 3.21. The molecule has 182 valence electrons. The number of aromatic hydroxyl groups is 1. The number of rotatable bonds is 5. The molecular weight excluding hydrogens is 510 g/mol. The highest BCUT2D eigenvalue weighted by Crippen LogP contribution is 2.53. The second-order valence-electron chi connectivity index (χ2n) is 6.87. The number of phenolic OH excluding ortho intramolecular Hbond substituents is 1. The van der Waals surface area contributed by atoms with E-state index in [-0.39, 0.29) is 5.75 Å².